The standard InChI is InChI=1S/C11H12O/c1-2-3-4-6-10-7-5-8-11(12)9-10/h5,7-9,12H,2,6H2,1H3. The summed E-state index contributed by atoms with van der Waals surface area (Å²) in [5, 5.41) is 9.12. The second-order valence-corrected chi connectivity index (χ2v) is 2.55. The predicted octanol–water partition coefficient (Wildman–Crippen LogP) is 2.35. The van der Waals surface area contributed by atoms with E-state index in [1.165, 1.54) is 0 Å². The fourth-order valence-corrected chi connectivity index (χ4v) is 0.956. The normalized spacial score (nSPS) is 8.75. The van der Waals surface area contributed by atoms with Gasteiger partial charge in [-0.25, -0.2) is 0 Å². The third-order valence-corrected chi connectivity index (χ3v) is 1.50. The molecule has 1 nitrogen and oxygen atoms in total. The molecule has 0 amide bonds. The highest BCUT2D eigenvalue weighted by Crippen LogP contribution is 2.10. The molecule has 0 saturated heterocycles. The van der Waals surface area contributed by atoms with Gasteiger partial charge < -0.3 is 5.11 Å². The van der Waals surface area contributed by atoms with Crippen molar-refractivity contribution in [2.45, 2.75) is 19.8 Å². The van der Waals surface area contributed by atoms with Gasteiger partial charge in [0.15, 0.2) is 0 Å². The number of rotatable bonds is 1. The molecule has 0 spiro atoms. The van der Waals surface area contributed by atoms with Crippen LogP contribution in [0.25, 0.3) is 0 Å². The smallest absolute Gasteiger partial charge is 0.115 e. The van der Waals surface area contributed by atoms with Crippen LogP contribution in [0.1, 0.15) is 18.9 Å². The largest absolute Gasteiger partial charge is 0.508 e. The molecule has 1 N–H and O–H groups in total. The van der Waals surface area contributed by atoms with E-state index in [1.54, 1.807) is 12.1 Å². The second kappa shape index (κ2) is 4.46. The maximum absolute atomic E-state index is 9.12. The van der Waals surface area contributed by atoms with Crippen molar-refractivity contribution in [3.8, 4) is 17.6 Å². The summed E-state index contributed by atoms with van der Waals surface area (Å²) in [6.45, 7) is 2.02. The lowest BCUT2D eigenvalue weighted by Gasteiger charge is -1.94. The van der Waals surface area contributed by atoms with E-state index in [0.29, 0.717) is 5.75 Å². The monoisotopic (exact) mass is 160 g/mol. The minimum atomic E-state index is 0.311. The summed E-state index contributed by atoms with van der Waals surface area (Å²) in [5.41, 5.74) is 1.07. The van der Waals surface area contributed by atoms with Crippen molar-refractivity contribution < 1.29 is 5.11 Å². The zero-order valence-electron chi connectivity index (χ0n) is 7.17. The molecule has 1 aromatic carbocycles. The lowest BCUT2D eigenvalue weighted by atomic mass is 10.1. The first-order chi connectivity index (χ1) is 5.83. The zero-order valence-corrected chi connectivity index (χ0v) is 7.17. The van der Waals surface area contributed by atoms with Gasteiger partial charge in [0.25, 0.3) is 0 Å². The summed E-state index contributed by atoms with van der Waals surface area (Å²) in [7, 11) is 0. The van der Waals surface area contributed by atoms with Crippen LogP contribution in [0.5, 0.6) is 5.75 Å². The predicted molar refractivity (Wildman–Crippen MR) is 49.9 cm³/mol. The molecule has 12 heavy (non-hydrogen) atoms. The van der Waals surface area contributed by atoms with E-state index < -0.39 is 0 Å². The summed E-state index contributed by atoms with van der Waals surface area (Å²) in [6.07, 6.45) is 1.61. The Balaban J connectivity index is 2.63. The summed E-state index contributed by atoms with van der Waals surface area (Å²) < 4.78 is 0. The van der Waals surface area contributed by atoms with Gasteiger partial charge in [-0.3, -0.25) is 0 Å². The van der Waals surface area contributed by atoms with Crippen LogP contribution in [0.15, 0.2) is 24.3 Å². The SMILES string of the molecule is CCC#CCc1cccc(O)c1. The Kier molecular flexibility index (Phi) is 3.22. The molecule has 0 unspecified atom stereocenters. The lowest BCUT2D eigenvalue weighted by molar-refractivity contribution is 0.475. The fraction of sp³-hybridized carbons (Fsp3) is 0.273. The van der Waals surface area contributed by atoms with Crippen LogP contribution in [0.2, 0.25) is 0 Å². The number of aromatic hydroxyl groups is 1. The molecule has 0 aliphatic carbocycles. The number of phenolic OH excluding ortho intramolecular Hbond substituents is 1. The Bertz CT molecular complexity index is 304. The van der Waals surface area contributed by atoms with Crippen molar-refractivity contribution in [2.24, 2.45) is 0 Å². The van der Waals surface area contributed by atoms with Gasteiger partial charge in [-0.1, -0.05) is 25.0 Å². The first-order valence-corrected chi connectivity index (χ1v) is 4.06. The minimum absolute atomic E-state index is 0.311. The van der Waals surface area contributed by atoms with Gasteiger partial charge in [-0.15, -0.1) is 5.92 Å². The summed E-state index contributed by atoms with van der Waals surface area (Å²) in [5.74, 6) is 6.31. The molecule has 0 saturated carbocycles. The molecule has 62 valence electrons. The van der Waals surface area contributed by atoms with E-state index in [0.717, 1.165) is 18.4 Å². The third-order valence-electron chi connectivity index (χ3n) is 1.50. The van der Waals surface area contributed by atoms with E-state index in [-0.39, 0.29) is 0 Å². The van der Waals surface area contributed by atoms with Gasteiger partial charge in [0, 0.05) is 12.8 Å². The molecule has 0 fully saturated rings. The van der Waals surface area contributed by atoms with Crippen molar-refractivity contribution in [1.29, 1.82) is 0 Å². The summed E-state index contributed by atoms with van der Waals surface area (Å²) in [6, 6.07) is 7.20. The van der Waals surface area contributed by atoms with Crippen LogP contribution in [-0.2, 0) is 6.42 Å². The third kappa shape index (κ3) is 2.67. The van der Waals surface area contributed by atoms with E-state index >= 15 is 0 Å². The zero-order chi connectivity index (χ0) is 8.81. The Morgan fingerprint density at radius 2 is 2.17 bits per heavy atom. The Labute approximate surface area is 73.0 Å². The van der Waals surface area contributed by atoms with Gasteiger partial charge >= 0.3 is 0 Å². The van der Waals surface area contributed by atoms with Crippen LogP contribution >= 0.6 is 0 Å². The molecule has 0 bridgehead atoms. The van der Waals surface area contributed by atoms with Crippen LogP contribution in [0.4, 0.5) is 0 Å². The highest BCUT2D eigenvalue weighted by molar-refractivity contribution is 5.29. The number of phenols is 1. The van der Waals surface area contributed by atoms with Gasteiger partial charge in [0.2, 0.25) is 0 Å². The number of hydrogen-bond donors (Lipinski definition) is 1. The van der Waals surface area contributed by atoms with Gasteiger partial charge in [-0.2, -0.15) is 0 Å². The van der Waals surface area contributed by atoms with Crippen LogP contribution in [0.3, 0.4) is 0 Å². The van der Waals surface area contributed by atoms with E-state index in [2.05, 4.69) is 11.8 Å². The quantitative estimate of drug-likeness (QED) is 0.625. The van der Waals surface area contributed by atoms with Crippen molar-refractivity contribution >= 4 is 0 Å². The number of hydrogen-bond acceptors (Lipinski definition) is 1. The van der Waals surface area contributed by atoms with Crippen LogP contribution < -0.4 is 0 Å². The Morgan fingerprint density at radius 1 is 1.33 bits per heavy atom. The number of benzene rings is 1. The van der Waals surface area contributed by atoms with Crippen molar-refractivity contribution in [3.05, 3.63) is 29.8 Å². The van der Waals surface area contributed by atoms with E-state index in [4.69, 9.17) is 5.11 Å². The molecule has 1 heteroatoms. The molecular formula is C11H12O. The first kappa shape index (κ1) is 8.67. The molecular weight excluding hydrogens is 148 g/mol. The summed E-state index contributed by atoms with van der Waals surface area (Å²) in [4.78, 5) is 0. The first-order valence-electron chi connectivity index (χ1n) is 4.06. The van der Waals surface area contributed by atoms with Crippen LogP contribution in [0, 0.1) is 11.8 Å². The topological polar surface area (TPSA) is 20.2 Å². The molecule has 1 aromatic rings. The fourth-order valence-electron chi connectivity index (χ4n) is 0.956. The Hall–Kier alpha value is -1.42. The van der Waals surface area contributed by atoms with Crippen molar-refractivity contribution in [1.82, 2.24) is 0 Å². The maximum Gasteiger partial charge on any atom is 0.115 e. The molecule has 0 aliphatic heterocycles. The Morgan fingerprint density at radius 3 is 2.83 bits per heavy atom. The van der Waals surface area contributed by atoms with Crippen LogP contribution in [-0.4, -0.2) is 5.11 Å². The lowest BCUT2D eigenvalue weighted by Crippen LogP contribution is -1.79. The van der Waals surface area contributed by atoms with Gasteiger partial charge in [0.05, 0.1) is 0 Å². The maximum atomic E-state index is 9.12. The second-order valence-electron chi connectivity index (χ2n) is 2.55. The minimum Gasteiger partial charge on any atom is -0.508 e. The summed E-state index contributed by atoms with van der Waals surface area (Å²) >= 11 is 0. The molecule has 1 rings (SSSR count). The van der Waals surface area contributed by atoms with Gasteiger partial charge in [0.1, 0.15) is 5.75 Å². The average Bonchev–Trinajstić information content (AvgIpc) is 2.05. The molecule has 0 aromatic heterocycles. The highest BCUT2D eigenvalue weighted by Gasteiger charge is 1.90. The van der Waals surface area contributed by atoms with Crippen molar-refractivity contribution in [3.63, 3.8) is 0 Å². The van der Waals surface area contributed by atoms with E-state index in [9.17, 15) is 0 Å². The molecule has 0 atom stereocenters. The molecule has 0 radical (unpaired) electrons. The van der Waals surface area contributed by atoms with Gasteiger partial charge in [-0.05, 0) is 17.7 Å². The highest BCUT2D eigenvalue weighted by atomic mass is 16.3. The molecule has 0 aliphatic rings. The van der Waals surface area contributed by atoms with E-state index in [1.807, 2.05) is 19.1 Å². The van der Waals surface area contributed by atoms with Crippen molar-refractivity contribution in [2.75, 3.05) is 0 Å². The molecule has 0 heterocycles. The average molecular weight is 160 g/mol.